The highest BCUT2D eigenvalue weighted by Gasteiger charge is 2.08. The first-order valence-corrected chi connectivity index (χ1v) is 5.66. The second-order valence-electron chi connectivity index (χ2n) is 3.81. The summed E-state index contributed by atoms with van der Waals surface area (Å²) in [6.45, 7) is 1.73. The van der Waals surface area contributed by atoms with Crippen LogP contribution in [-0.4, -0.2) is 6.29 Å². The number of benzene rings is 2. The van der Waals surface area contributed by atoms with E-state index in [1.54, 1.807) is 25.1 Å². The molecule has 92 valence electrons. The second-order valence-corrected chi connectivity index (χ2v) is 4.25. The van der Waals surface area contributed by atoms with Crippen molar-refractivity contribution < 1.29 is 13.9 Å². The Morgan fingerprint density at radius 2 is 1.94 bits per heavy atom. The zero-order valence-corrected chi connectivity index (χ0v) is 10.4. The highest BCUT2D eigenvalue weighted by Crippen LogP contribution is 2.29. The Morgan fingerprint density at radius 1 is 1.17 bits per heavy atom. The Kier molecular flexibility index (Phi) is 3.63. The fraction of sp³-hybridized carbons (Fsp3) is 0.0714. The summed E-state index contributed by atoms with van der Waals surface area (Å²) in [6, 6.07) is 8.90. The summed E-state index contributed by atoms with van der Waals surface area (Å²) in [6.07, 6.45) is 0.685. The van der Waals surface area contributed by atoms with Crippen LogP contribution in [0.3, 0.4) is 0 Å². The molecule has 0 radical (unpaired) electrons. The van der Waals surface area contributed by atoms with Gasteiger partial charge in [-0.15, -0.1) is 0 Å². The normalized spacial score (nSPS) is 10.2. The number of aldehydes is 1. The Balaban J connectivity index is 2.39. The van der Waals surface area contributed by atoms with E-state index in [0.29, 0.717) is 33.9 Å². The van der Waals surface area contributed by atoms with Gasteiger partial charge in [0.15, 0.2) is 6.29 Å². The molecule has 4 heteroatoms. The third kappa shape index (κ3) is 2.68. The van der Waals surface area contributed by atoms with Gasteiger partial charge in [0.25, 0.3) is 0 Å². The van der Waals surface area contributed by atoms with Crippen LogP contribution < -0.4 is 4.74 Å². The molecule has 18 heavy (non-hydrogen) atoms. The fourth-order valence-electron chi connectivity index (χ4n) is 1.54. The molecule has 0 N–H and O–H groups in total. The smallest absolute Gasteiger partial charge is 0.153 e. The van der Waals surface area contributed by atoms with Gasteiger partial charge in [-0.25, -0.2) is 4.39 Å². The van der Waals surface area contributed by atoms with Crippen LogP contribution in [-0.2, 0) is 0 Å². The average molecular weight is 265 g/mol. The highest BCUT2D eigenvalue weighted by atomic mass is 35.5. The van der Waals surface area contributed by atoms with Crippen LogP contribution in [0.5, 0.6) is 11.5 Å². The summed E-state index contributed by atoms with van der Waals surface area (Å²) in [5, 5.41) is 0.468. The van der Waals surface area contributed by atoms with Gasteiger partial charge in [0.2, 0.25) is 0 Å². The summed E-state index contributed by atoms with van der Waals surface area (Å²) in [5.74, 6) is 0.510. The first-order valence-electron chi connectivity index (χ1n) is 5.29. The minimum Gasteiger partial charge on any atom is -0.456 e. The van der Waals surface area contributed by atoms with Crippen LogP contribution in [0.2, 0.25) is 5.02 Å². The molecule has 0 aliphatic rings. The van der Waals surface area contributed by atoms with Crippen molar-refractivity contribution in [2.75, 3.05) is 0 Å². The van der Waals surface area contributed by atoms with E-state index in [1.807, 2.05) is 0 Å². The van der Waals surface area contributed by atoms with Crippen molar-refractivity contribution >= 4 is 17.9 Å². The fourth-order valence-corrected chi connectivity index (χ4v) is 1.70. The Bertz CT molecular complexity index is 596. The lowest BCUT2D eigenvalue weighted by atomic mass is 10.2. The molecule has 0 bridgehead atoms. The molecule has 0 aromatic heterocycles. The molecule has 2 rings (SSSR count). The third-order valence-electron chi connectivity index (χ3n) is 2.46. The molecule has 0 aliphatic heterocycles. The average Bonchev–Trinajstić information content (AvgIpc) is 2.33. The minimum absolute atomic E-state index is 0.332. The molecule has 0 unspecified atom stereocenters. The molecule has 2 aromatic carbocycles. The quantitative estimate of drug-likeness (QED) is 0.769. The van der Waals surface area contributed by atoms with Gasteiger partial charge < -0.3 is 4.74 Å². The summed E-state index contributed by atoms with van der Waals surface area (Å²) >= 11 is 5.85. The third-order valence-corrected chi connectivity index (χ3v) is 2.69. The van der Waals surface area contributed by atoms with Gasteiger partial charge in [0, 0.05) is 11.1 Å². The SMILES string of the molecule is Cc1cc(F)ccc1Oc1cc(Cl)ccc1C=O. The molecule has 0 spiro atoms. The Morgan fingerprint density at radius 3 is 2.61 bits per heavy atom. The first-order chi connectivity index (χ1) is 8.60. The highest BCUT2D eigenvalue weighted by molar-refractivity contribution is 6.30. The molecule has 0 amide bonds. The van der Waals surface area contributed by atoms with Gasteiger partial charge in [-0.2, -0.15) is 0 Å². The maximum Gasteiger partial charge on any atom is 0.153 e. The van der Waals surface area contributed by atoms with Gasteiger partial charge in [-0.05, 0) is 42.8 Å². The van der Waals surface area contributed by atoms with Crippen LogP contribution in [0.1, 0.15) is 15.9 Å². The van der Waals surface area contributed by atoms with Crippen molar-refractivity contribution in [3.8, 4) is 11.5 Å². The van der Waals surface area contributed by atoms with Crippen molar-refractivity contribution in [2.24, 2.45) is 0 Å². The van der Waals surface area contributed by atoms with Crippen molar-refractivity contribution in [1.82, 2.24) is 0 Å². The Hall–Kier alpha value is -1.87. The molecular weight excluding hydrogens is 255 g/mol. The number of ether oxygens (including phenoxy) is 1. The number of rotatable bonds is 3. The molecular formula is C14H10ClFO2. The lowest BCUT2D eigenvalue weighted by Crippen LogP contribution is -1.92. The van der Waals surface area contributed by atoms with Crippen molar-refractivity contribution in [3.63, 3.8) is 0 Å². The summed E-state index contributed by atoms with van der Waals surface area (Å²) in [7, 11) is 0. The molecule has 0 heterocycles. The van der Waals surface area contributed by atoms with E-state index >= 15 is 0 Å². The predicted molar refractivity (Wildman–Crippen MR) is 68.1 cm³/mol. The van der Waals surface area contributed by atoms with E-state index in [0.717, 1.165) is 0 Å². The standard InChI is InChI=1S/C14H10ClFO2/c1-9-6-12(16)4-5-13(9)18-14-7-11(15)3-2-10(14)8-17/h2-8H,1H3. The topological polar surface area (TPSA) is 26.3 Å². The molecule has 2 aromatic rings. The summed E-state index contributed by atoms with van der Waals surface area (Å²) in [5.41, 5.74) is 1.04. The van der Waals surface area contributed by atoms with E-state index in [2.05, 4.69) is 0 Å². The van der Waals surface area contributed by atoms with Crippen LogP contribution in [0.25, 0.3) is 0 Å². The van der Waals surface area contributed by atoms with E-state index in [4.69, 9.17) is 16.3 Å². The van der Waals surface area contributed by atoms with Gasteiger partial charge in [0.1, 0.15) is 17.3 Å². The second kappa shape index (κ2) is 5.19. The molecule has 2 nitrogen and oxygen atoms in total. The summed E-state index contributed by atoms with van der Waals surface area (Å²) < 4.78 is 18.5. The number of carbonyl (C=O) groups excluding carboxylic acids is 1. The first kappa shape index (κ1) is 12.6. The van der Waals surface area contributed by atoms with Crippen molar-refractivity contribution in [3.05, 3.63) is 58.4 Å². The predicted octanol–water partition coefficient (Wildman–Crippen LogP) is 4.39. The van der Waals surface area contributed by atoms with Crippen molar-refractivity contribution in [1.29, 1.82) is 0 Å². The molecule has 0 saturated heterocycles. The van der Waals surface area contributed by atoms with Crippen LogP contribution in [0.15, 0.2) is 36.4 Å². The summed E-state index contributed by atoms with van der Waals surface area (Å²) in [4.78, 5) is 10.9. The zero-order valence-electron chi connectivity index (χ0n) is 9.61. The van der Waals surface area contributed by atoms with Gasteiger partial charge >= 0.3 is 0 Å². The molecule has 0 fully saturated rings. The van der Waals surface area contributed by atoms with E-state index in [1.165, 1.54) is 18.2 Å². The maximum atomic E-state index is 13.0. The minimum atomic E-state index is -0.332. The van der Waals surface area contributed by atoms with Crippen LogP contribution in [0.4, 0.5) is 4.39 Å². The van der Waals surface area contributed by atoms with E-state index < -0.39 is 0 Å². The van der Waals surface area contributed by atoms with Gasteiger partial charge in [-0.3, -0.25) is 4.79 Å². The van der Waals surface area contributed by atoms with Gasteiger partial charge in [0.05, 0.1) is 5.56 Å². The molecule has 0 saturated carbocycles. The number of hydrogen-bond acceptors (Lipinski definition) is 2. The zero-order chi connectivity index (χ0) is 13.1. The van der Waals surface area contributed by atoms with Crippen LogP contribution in [0, 0.1) is 12.7 Å². The van der Waals surface area contributed by atoms with Crippen LogP contribution >= 0.6 is 11.6 Å². The number of aryl methyl sites for hydroxylation is 1. The lowest BCUT2D eigenvalue weighted by molar-refractivity contribution is 0.112. The van der Waals surface area contributed by atoms with E-state index in [9.17, 15) is 9.18 Å². The number of hydrogen-bond donors (Lipinski definition) is 0. The number of halogens is 2. The largest absolute Gasteiger partial charge is 0.456 e. The van der Waals surface area contributed by atoms with E-state index in [-0.39, 0.29) is 5.82 Å². The molecule has 0 aliphatic carbocycles. The maximum absolute atomic E-state index is 13.0. The van der Waals surface area contributed by atoms with Gasteiger partial charge in [-0.1, -0.05) is 11.6 Å². The lowest BCUT2D eigenvalue weighted by Gasteiger charge is -2.10. The number of carbonyl (C=O) groups is 1. The molecule has 0 atom stereocenters. The monoisotopic (exact) mass is 264 g/mol. The Labute approximate surface area is 109 Å². The van der Waals surface area contributed by atoms with Crippen molar-refractivity contribution in [2.45, 2.75) is 6.92 Å².